The number of hydrogen-bond acceptors (Lipinski definition) is 1. The third-order valence-corrected chi connectivity index (χ3v) is 3.26. The molecular formula is C15H31O. The quantitative estimate of drug-likeness (QED) is 0.471. The molecule has 1 N–H and O–H groups in total. The van der Waals surface area contributed by atoms with Gasteiger partial charge >= 0.3 is 0 Å². The zero-order valence-electron chi connectivity index (χ0n) is 11.2. The number of unbranched alkanes of at least 4 members (excludes halogenated alkanes) is 9. The van der Waals surface area contributed by atoms with E-state index in [1.807, 2.05) is 0 Å². The van der Waals surface area contributed by atoms with E-state index in [0.717, 1.165) is 19.3 Å². The van der Waals surface area contributed by atoms with Gasteiger partial charge in [0.05, 0.1) is 6.10 Å². The van der Waals surface area contributed by atoms with Gasteiger partial charge in [-0.2, -0.15) is 0 Å². The lowest BCUT2D eigenvalue weighted by Crippen LogP contribution is -2.03. The minimum atomic E-state index is -0.0531. The molecule has 0 aromatic carbocycles. The Balaban J connectivity index is 2.93. The molecule has 0 aliphatic heterocycles. The predicted octanol–water partition coefficient (Wildman–Crippen LogP) is 4.88. The van der Waals surface area contributed by atoms with Gasteiger partial charge in [0.15, 0.2) is 0 Å². The Bertz CT molecular complexity index is 123. The van der Waals surface area contributed by atoms with Gasteiger partial charge < -0.3 is 5.11 Å². The van der Waals surface area contributed by atoms with Crippen molar-refractivity contribution >= 4 is 0 Å². The molecule has 0 bridgehead atoms. The van der Waals surface area contributed by atoms with Gasteiger partial charge in [-0.25, -0.2) is 0 Å². The highest BCUT2D eigenvalue weighted by molar-refractivity contribution is 4.53. The van der Waals surface area contributed by atoms with Gasteiger partial charge in [0.2, 0.25) is 0 Å². The molecule has 0 saturated heterocycles. The van der Waals surface area contributed by atoms with Crippen LogP contribution in [0, 0.1) is 6.92 Å². The van der Waals surface area contributed by atoms with Crippen LogP contribution in [0.3, 0.4) is 0 Å². The van der Waals surface area contributed by atoms with E-state index in [2.05, 4.69) is 13.8 Å². The molecule has 16 heavy (non-hydrogen) atoms. The summed E-state index contributed by atoms with van der Waals surface area (Å²) >= 11 is 0. The number of hydrogen-bond donors (Lipinski definition) is 1. The summed E-state index contributed by atoms with van der Waals surface area (Å²) in [5.41, 5.74) is 0. The van der Waals surface area contributed by atoms with E-state index < -0.39 is 0 Å². The van der Waals surface area contributed by atoms with Crippen LogP contribution in [0.2, 0.25) is 0 Å². The fourth-order valence-electron chi connectivity index (χ4n) is 2.00. The van der Waals surface area contributed by atoms with Gasteiger partial charge in [0.1, 0.15) is 0 Å². The molecule has 1 nitrogen and oxygen atoms in total. The van der Waals surface area contributed by atoms with Gasteiger partial charge in [-0.1, -0.05) is 78.1 Å². The van der Waals surface area contributed by atoms with Crippen molar-refractivity contribution in [1.29, 1.82) is 0 Å². The van der Waals surface area contributed by atoms with E-state index in [4.69, 9.17) is 0 Å². The average Bonchev–Trinajstić information content (AvgIpc) is 2.31. The molecule has 0 fully saturated rings. The molecule has 1 unspecified atom stereocenters. The normalized spacial score (nSPS) is 12.9. The summed E-state index contributed by atoms with van der Waals surface area (Å²) in [6, 6.07) is 0. The second kappa shape index (κ2) is 13.0. The van der Waals surface area contributed by atoms with Crippen LogP contribution in [0.15, 0.2) is 0 Å². The average molecular weight is 227 g/mol. The maximum Gasteiger partial charge on any atom is 0.0537 e. The Morgan fingerprint density at radius 2 is 1.25 bits per heavy atom. The van der Waals surface area contributed by atoms with Crippen LogP contribution in [-0.4, -0.2) is 11.2 Å². The molecule has 0 heterocycles. The molecular weight excluding hydrogens is 196 g/mol. The van der Waals surface area contributed by atoms with Crippen molar-refractivity contribution in [2.24, 2.45) is 0 Å². The predicted molar refractivity (Wildman–Crippen MR) is 72.4 cm³/mol. The summed E-state index contributed by atoms with van der Waals surface area (Å²) in [6.45, 7) is 5.91. The Morgan fingerprint density at radius 3 is 1.69 bits per heavy atom. The molecule has 1 atom stereocenters. The van der Waals surface area contributed by atoms with Crippen molar-refractivity contribution < 1.29 is 5.11 Å². The molecule has 0 aromatic heterocycles. The van der Waals surface area contributed by atoms with Crippen LogP contribution in [0.25, 0.3) is 0 Å². The van der Waals surface area contributed by atoms with Crippen molar-refractivity contribution in [2.75, 3.05) is 0 Å². The first-order valence-corrected chi connectivity index (χ1v) is 7.28. The Hall–Kier alpha value is -0.0400. The van der Waals surface area contributed by atoms with Gasteiger partial charge in [-0.05, 0) is 12.8 Å². The molecule has 0 aliphatic carbocycles. The highest BCUT2D eigenvalue weighted by Crippen LogP contribution is 2.12. The van der Waals surface area contributed by atoms with Crippen LogP contribution in [0.1, 0.15) is 84.0 Å². The number of aliphatic hydroxyl groups is 1. The summed E-state index contributed by atoms with van der Waals surface area (Å²) in [5, 5.41) is 9.38. The van der Waals surface area contributed by atoms with E-state index in [-0.39, 0.29) is 6.10 Å². The summed E-state index contributed by atoms with van der Waals surface area (Å²) in [5.74, 6) is 0. The minimum Gasteiger partial charge on any atom is -0.393 e. The third-order valence-electron chi connectivity index (χ3n) is 3.26. The lowest BCUT2D eigenvalue weighted by molar-refractivity contribution is 0.156. The Morgan fingerprint density at radius 1 is 0.812 bits per heavy atom. The van der Waals surface area contributed by atoms with Gasteiger partial charge in [-0.15, -0.1) is 0 Å². The van der Waals surface area contributed by atoms with Crippen LogP contribution in [0.5, 0.6) is 0 Å². The smallest absolute Gasteiger partial charge is 0.0537 e. The standard InChI is InChI=1S/C15H31O/c1-3-5-6-7-8-9-10-11-12-13-14-15(16)4-2/h15-16H,1,3-14H2,2H3. The zero-order valence-corrected chi connectivity index (χ0v) is 11.2. The number of rotatable bonds is 12. The lowest BCUT2D eigenvalue weighted by atomic mass is 10.0. The molecule has 0 aromatic rings. The minimum absolute atomic E-state index is 0.0531. The topological polar surface area (TPSA) is 20.2 Å². The van der Waals surface area contributed by atoms with Gasteiger partial charge in [-0.3, -0.25) is 0 Å². The van der Waals surface area contributed by atoms with Crippen LogP contribution >= 0.6 is 0 Å². The van der Waals surface area contributed by atoms with Crippen LogP contribution < -0.4 is 0 Å². The van der Waals surface area contributed by atoms with E-state index in [0.29, 0.717) is 0 Å². The fourth-order valence-corrected chi connectivity index (χ4v) is 2.00. The maximum absolute atomic E-state index is 9.38. The van der Waals surface area contributed by atoms with E-state index >= 15 is 0 Å². The van der Waals surface area contributed by atoms with Crippen molar-refractivity contribution in [3.05, 3.63) is 6.92 Å². The summed E-state index contributed by atoms with van der Waals surface area (Å²) in [7, 11) is 0. The second-order valence-electron chi connectivity index (χ2n) is 4.89. The van der Waals surface area contributed by atoms with Crippen molar-refractivity contribution in [3.63, 3.8) is 0 Å². The van der Waals surface area contributed by atoms with Gasteiger partial charge in [0, 0.05) is 0 Å². The molecule has 1 radical (unpaired) electrons. The third kappa shape index (κ3) is 12.0. The lowest BCUT2D eigenvalue weighted by Gasteiger charge is -2.06. The first-order valence-electron chi connectivity index (χ1n) is 7.28. The van der Waals surface area contributed by atoms with Crippen molar-refractivity contribution in [2.45, 2.75) is 90.1 Å². The summed E-state index contributed by atoms with van der Waals surface area (Å²) < 4.78 is 0. The second-order valence-corrected chi connectivity index (χ2v) is 4.89. The van der Waals surface area contributed by atoms with Crippen LogP contribution in [-0.2, 0) is 0 Å². The monoisotopic (exact) mass is 227 g/mol. The molecule has 0 aliphatic rings. The van der Waals surface area contributed by atoms with E-state index in [1.54, 1.807) is 0 Å². The zero-order chi connectivity index (χ0) is 12.1. The van der Waals surface area contributed by atoms with Crippen molar-refractivity contribution in [1.82, 2.24) is 0 Å². The first-order chi connectivity index (χ1) is 7.81. The van der Waals surface area contributed by atoms with E-state index in [9.17, 15) is 5.11 Å². The Kier molecular flexibility index (Phi) is 13.0. The highest BCUT2D eigenvalue weighted by atomic mass is 16.3. The maximum atomic E-state index is 9.38. The molecule has 97 valence electrons. The SMILES string of the molecule is [CH2]CCCCCCCCCCCC(O)CC. The molecule has 0 amide bonds. The number of aliphatic hydroxyl groups excluding tert-OH is 1. The fraction of sp³-hybridized carbons (Fsp3) is 0.933. The summed E-state index contributed by atoms with van der Waals surface area (Å²) in [4.78, 5) is 0. The molecule has 0 saturated carbocycles. The van der Waals surface area contributed by atoms with Crippen LogP contribution in [0.4, 0.5) is 0 Å². The van der Waals surface area contributed by atoms with Crippen molar-refractivity contribution in [3.8, 4) is 0 Å². The molecule has 1 heteroatoms. The first kappa shape index (κ1) is 16.0. The van der Waals surface area contributed by atoms with E-state index in [1.165, 1.54) is 57.8 Å². The van der Waals surface area contributed by atoms with Gasteiger partial charge in [0.25, 0.3) is 0 Å². The largest absolute Gasteiger partial charge is 0.393 e. The summed E-state index contributed by atoms with van der Waals surface area (Å²) in [6.07, 6.45) is 15.1. The Labute approximate surface area is 103 Å². The highest BCUT2D eigenvalue weighted by Gasteiger charge is 1.99. The molecule has 0 spiro atoms. The molecule has 0 rings (SSSR count).